The van der Waals surface area contributed by atoms with Gasteiger partial charge < -0.3 is 19.9 Å². The van der Waals surface area contributed by atoms with Crippen LogP contribution in [0.3, 0.4) is 0 Å². The molecule has 0 fully saturated rings. The maximum absolute atomic E-state index is 16.7. The van der Waals surface area contributed by atoms with Crippen molar-refractivity contribution in [2.75, 3.05) is 0 Å². The number of hydrogen-bond donors (Lipinski definition) is 2. The maximum atomic E-state index is 16.7. The zero-order valence-corrected chi connectivity index (χ0v) is 57.3. The van der Waals surface area contributed by atoms with Gasteiger partial charge in [-0.05, 0) is 83.0 Å². The largest absolute Gasteiger partial charge is 2.00 e. The van der Waals surface area contributed by atoms with Crippen LogP contribution < -0.4 is 31.4 Å². The molecule has 0 spiro atoms. The minimum absolute atomic E-state index is 0. The molecule has 120 heavy (non-hydrogen) atoms. The summed E-state index contributed by atoms with van der Waals surface area (Å²) in [6.45, 7) is 0. The molecule has 615 valence electrons. The molecule has 14 bridgehead atoms. The minimum atomic E-state index is -3.02. The third-order valence-electron chi connectivity index (χ3n) is 18.4. The van der Waals surface area contributed by atoms with Crippen molar-refractivity contribution in [1.29, 1.82) is 0 Å². The first kappa shape index (κ1) is 83.2. The summed E-state index contributed by atoms with van der Waals surface area (Å²) in [6.07, 6.45) is 1.61. The van der Waals surface area contributed by atoms with Crippen molar-refractivity contribution in [1.82, 2.24) is 19.9 Å². The van der Waals surface area contributed by atoms with Crippen LogP contribution in [0.5, 0.6) is 0 Å². The van der Waals surface area contributed by atoms with Gasteiger partial charge in [0.15, 0.2) is 163 Å². The number of aromatic amines is 2. The van der Waals surface area contributed by atoms with Gasteiger partial charge in [-0.1, -0.05) is 24.3 Å². The van der Waals surface area contributed by atoms with Gasteiger partial charge in [-0.25, -0.2) is 169 Å². The Hall–Kier alpha value is -13.3. The van der Waals surface area contributed by atoms with Crippen LogP contribution in [0.15, 0.2) is 117 Å². The fraction of sp³-hybridized carbons (Fsp3) is 0. The summed E-state index contributed by atoms with van der Waals surface area (Å²) in [7, 11) is 0. The van der Waals surface area contributed by atoms with E-state index in [1.54, 1.807) is 0 Å². The summed E-state index contributed by atoms with van der Waals surface area (Å²) < 4.78 is 558. The Morgan fingerprint density at radius 2 is 0.392 bits per heavy atom. The van der Waals surface area contributed by atoms with Crippen molar-refractivity contribution in [3.63, 3.8) is 0 Å². The molecule has 43 heteroatoms. The fourth-order valence-electron chi connectivity index (χ4n) is 13.1. The number of rotatable bonds is 7. The Balaban J connectivity index is 0.0000118. The molecule has 15 rings (SSSR count). The molecule has 11 aromatic rings. The van der Waals surface area contributed by atoms with Crippen molar-refractivity contribution < 1.29 is 171 Å². The molecule has 2 N–H and O–H groups in total. The molecule has 4 aliphatic rings. The topological polar surface area (TPSA) is 96.9 Å². The summed E-state index contributed by atoms with van der Waals surface area (Å²) >= 11 is 0. The average molecular weight is 1770 g/mol. The third-order valence-corrected chi connectivity index (χ3v) is 18.4. The Labute approximate surface area is 648 Å². The zero-order valence-electron chi connectivity index (χ0n) is 56.3. The number of hydrogen-bond acceptors (Lipinski definition) is 3. The first-order chi connectivity index (χ1) is 56.1. The number of H-pyrrole nitrogens is 2. The summed E-state index contributed by atoms with van der Waals surface area (Å²) in [4.78, 5) is 23.4. The molecule has 4 aromatic heterocycles. The Morgan fingerprint density at radius 1 is 0.183 bits per heavy atom. The second-order valence-corrected chi connectivity index (χ2v) is 24.9. The summed E-state index contributed by atoms with van der Waals surface area (Å²) in [5.74, 6) is -104. The predicted molar refractivity (Wildman–Crippen MR) is 340 cm³/mol. The van der Waals surface area contributed by atoms with Crippen molar-refractivity contribution in [3.8, 4) is 0 Å². The molecule has 0 saturated heterocycles. The van der Waals surface area contributed by atoms with E-state index in [0.29, 0.717) is 24.3 Å². The summed E-state index contributed by atoms with van der Waals surface area (Å²) in [6, 6.07) is 2.29. The predicted octanol–water partition coefficient (Wildman–Crippen LogP) is 17.7. The molecule has 1 radical (unpaired) electrons. The normalized spacial score (nSPS) is 14.3. The van der Waals surface area contributed by atoms with Crippen LogP contribution in [-0.2, 0) is 17.1 Å². The Morgan fingerprint density at radius 3 is 0.675 bits per heavy atom. The smallest absolute Gasteiger partial charge is 0.657 e. The van der Waals surface area contributed by atoms with E-state index in [2.05, 4.69) is 24.9 Å². The summed E-state index contributed by atoms with van der Waals surface area (Å²) in [5, 5.41) is -5.78. The van der Waals surface area contributed by atoms with Gasteiger partial charge in [0.25, 0.3) is 0 Å². The van der Waals surface area contributed by atoms with E-state index >= 15 is 154 Å². The number of fused-ring (bicyclic) bond motifs is 11. The van der Waals surface area contributed by atoms with Crippen LogP contribution in [0, 0.1) is 204 Å². The van der Waals surface area contributed by atoms with E-state index in [4.69, 9.17) is 0 Å². The van der Waals surface area contributed by atoms with Gasteiger partial charge in [0.05, 0.1) is 73.2 Å². The van der Waals surface area contributed by atoms with Gasteiger partial charge in [-0.2, -0.15) is 0 Å². The molecule has 7 nitrogen and oxygen atoms in total. The van der Waals surface area contributed by atoms with Crippen LogP contribution in [0.2, 0.25) is 0 Å². The SMILES string of the molecule is Fc1c(F)c(F)c(C2=C3C=CC(=N3)C(c3c(F)c(F)c(F)c(F)c3F)=c3ccc([n-]3)=C(c3c(F)c(F)c(F)c(F)c3F)C3=NC(=C(c4c(F)c(F)c(F)c(F)c4F)c4ccc([nH]4)C(c4c(F)c(F)c(F)c(F)c4F)=C4C=CC(=N4)C(c4c(F)c(F)c(F)c(F)c4F)=c4ccc([nH]4)=C(c4c(F)c(F)c(F)c(F)c4F)c4ccc2[n-]4)C=C3)c(F)c1F.[Cu+2]. The number of aliphatic imine (C=N–C) groups is 3. The van der Waals surface area contributed by atoms with E-state index in [1.165, 1.54) is 0 Å². The van der Waals surface area contributed by atoms with Crippen molar-refractivity contribution in [2.24, 2.45) is 15.0 Å². The fourth-order valence-corrected chi connectivity index (χ4v) is 13.1. The van der Waals surface area contributed by atoms with Crippen molar-refractivity contribution in [3.05, 3.63) is 389 Å². The minimum Gasteiger partial charge on any atom is -0.657 e. The van der Waals surface area contributed by atoms with E-state index < -0.39 is 360 Å². The number of nitrogens with one attached hydrogen (secondary N) is 2. The van der Waals surface area contributed by atoms with Crippen LogP contribution in [-0.4, -0.2) is 27.1 Å². The van der Waals surface area contributed by atoms with Gasteiger partial charge >= 0.3 is 17.1 Å². The quantitative estimate of drug-likeness (QED) is 0.0719. The van der Waals surface area contributed by atoms with Crippen LogP contribution in [0.4, 0.5) is 154 Å². The molecule has 0 amide bonds. The van der Waals surface area contributed by atoms with E-state index in [-0.39, 0.29) is 77.8 Å². The number of aromatic nitrogens is 4. The second kappa shape index (κ2) is 29.9. The first-order valence-electron chi connectivity index (χ1n) is 32.0. The standard InChI is InChI=1S/C77H16F35N7.Cu/c78-43-36(44(79)58(93)71(106)57(43)92)29-15-1-2-16(113-15)30(37-45(80)59(94)72(107)60(95)46(37)81)18-5-6-20(115-18)32(39-49(84)63(98)74(109)64(99)50(39)85)22-9-10-24(117-22)34(41-53(88)67(102)76(111)68(103)54(41)89)26-13-14-28(119-26)35(42-55(90)69(104)77(112)70(105)56(42)91)27-12-11-25(118-27)33(40-51(86)65(100)75(110)66(101)52(40)87)23-8-7-21(116-23)31(19-4-3-17(29)114-19)38-47(82)61(96)73(108)62(97)48(38)83;/h1-14,113,116H;/q-2;+2. The third kappa shape index (κ3) is 12.4. The molecular weight excluding hydrogens is 1750 g/mol. The van der Waals surface area contributed by atoms with Crippen molar-refractivity contribution >= 4 is 56.1 Å². The van der Waals surface area contributed by atoms with Crippen LogP contribution in [0.25, 0.3) is 39.0 Å². The molecule has 7 aromatic carbocycles. The monoisotopic (exact) mass is 1770 g/mol. The molecule has 0 unspecified atom stereocenters. The van der Waals surface area contributed by atoms with Gasteiger partial charge in [0.1, 0.15) is 0 Å². The first-order valence-corrected chi connectivity index (χ1v) is 32.0. The molecule has 0 saturated carbocycles. The van der Waals surface area contributed by atoms with E-state index in [9.17, 15) is 0 Å². The molecule has 8 heterocycles. The van der Waals surface area contributed by atoms with Gasteiger partial charge in [0.2, 0.25) is 40.7 Å². The van der Waals surface area contributed by atoms with E-state index in [1.807, 2.05) is 9.97 Å². The number of benzene rings is 7. The summed E-state index contributed by atoms with van der Waals surface area (Å²) in [5.41, 5.74) is -43.0. The van der Waals surface area contributed by atoms with Gasteiger partial charge in [0, 0.05) is 38.8 Å². The molecule has 4 aliphatic heterocycles. The number of nitrogens with zero attached hydrogens (tertiary/aromatic N) is 5. The van der Waals surface area contributed by atoms with Gasteiger partial charge in [-0.3, -0.25) is 0 Å². The van der Waals surface area contributed by atoms with E-state index in [0.717, 1.165) is 0 Å². The van der Waals surface area contributed by atoms with Crippen molar-refractivity contribution in [2.45, 2.75) is 0 Å². The maximum Gasteiger partial charge on any atom is 2.00 e. The van der Waals surface area contributed by atoms with Gasteiger partial charge in [-0.15, -0.1) is 22.1 Å². The number of allylic oxidation sites excluding steroid dienone is 6. The molecular formula is C77H16CuF35N7. The second-order valence-electron chi connectivity index (χ2n) is 24.9. The zero-order chi connectivity index (χ0) is 86.2. The van der Waals surface area contributed by atoms with Crippen LogP contribution in [0.1, 0.15) is 61.7 Å². The Bertz CT molecular complexity index is 6960. The van der Waals surface area contributed by atoms with Crippen LogP contribution >= 0.6 is 0 Å². The average Bonchev–Trinajstić information content (AvgIpc) is 1.56. The number of halogens is 35. The molecule has 0 aliphatic carbocycles. The molecule has 0 atom stereocenters. The Kier molecular flexibility index (Phi) is 20.7.